The third-order valence-corrected chi connectivity index (χ3v) is 3.65. The molecule has 0 aromatic heterocycles. The summed E-state index contributed by atoms with van der Waals surface area (Å²) >= 11 is 0. The molecule has 2 nitrogen and oxygen atoms in total. The Kier molecular flexibility index (Phi) is 3.78. The van der Waals surface area contributed by atoms with Crippen molar-refractivity contribution in [2.45, 2.75) is 13.5 Å². The van der Waals surface area contributed by atoms with Gasteiger partial charge in [-0.15, -0.1) is 0 Å². The summed E-state index contributed by atoms with van der Waals surface area (Å²) in [6.45, 7) is 2.87. The van der Waals surface area contributed by atoms with E-state index in [0.29, 0.717) is 0 Å². The summed E-state index contributed by atoms with van der Waals surface area (Å²) in [4.78, 5) is 0. The monoisotopic (exact) mass is 277 g/mol. The molecular formula is C19H19NO. The van der Waals surface area contributed by atoms with Crippen LogP contribution >= 0.6 is 0 Å². The van der Waals surface area contributed by atoms with Crippen molar-refractivity contribution in [2.75, 3.05) is 12.4 Å². The smallest absolute Gasteiger partial charge is 0.141 e. The van der Waals surface area contributed by atoms with E-state index < -0.39 is 0 Å². The lowest BCUT2D eigenvalue weighted by molar-refractivity contribution is 0.416. The summed E-state index contributed by atoms with van der Waals surface area (Å²) in [6, 6.07) is 21.1. The number of rotatable bonds is 4. The molecule has 0 unspecified atom stereocenters. The number of methoxy groups -OCH3 is 1. The van der Waals surface area contributed by atoms with Gasteiger partial charge in [0.05, 0.1) is 12.8 Å². The first-order chi connectivity index (χ1) is 10.3. The average molecular weight is 277 g/mol. The molecule has 0 aliphatic carbocycles. The first-order valence-electron chi connectivity index (χ1n) is 7.12. The molecular weight excluding hydrogens is 258 g/mol. The zero-order chi connectivity index (χ0) is 14.7. The Hall–Kier alpha value is -2.48. The van der Waals surface area contributed by atoms with E-state index in [2.05, 4.69) is 66.8 Å². The summed E-state index contributed by atoms with van der Waals surface area (Å²) < 4.78 is 5.40. The second-order valence-electron chi connectivity index (χ2n) is 5.24. The molecule has 0 saturated heterocycles. The number of hydrogen-bond donors (Lipinski definition) is 1. The molecule has 0 fully saturated rings. The van der Waals surface area contributed by atoms with Gasteiger partial charge in [-0.25, -0.2) is 0 Å². The highest BCUT2D eigenvalue weighted by molar-refractivity contribution is 5.83. The van der Waals surface area contributed by atoms with Crippen molar-refractivity contribution < 1.29 is 4.74 Å². The summed E-state index contributed by atoms with van der Waals surface area (Å²) in [5.74, 6) is 0.876. The molecule has 2 heteroatoms. The molecule has 0 radical (unpaired) electrons. The van der Waals surface area contributed by atoms with Gasteiger partial charge in [0.2, 0.25) is 0 Å². The third-order valence-electron chi connectivity index (χ3n) is 3.65. The maximum absolute atomic E-state index is 5.40. The highest BCUT2D eigenvalue weighted by Gasteiger charge is 2.03. The number of fused-ring (bicyclic) bond motifs is 1. The molecule has 1 N–H and O–H groups in total. The van der Waals surface area contributed by atoms with Crippen LogP contribution in [0.1, 0.15) is 11.1 Å². The lowest BCUT2D eigenvalue weighted by Gasteiger charge is -2.12. The minimum atomic E-state index is 0.782. The predicted octanol–water partition coefficient (Wildman–Crippen LogP) is 4.77. The van der Waals surface area contributed by atoms with E-state index in [0.717, 1.165) is 18.0 Å². The summed E-state index contributed by atoms with van der Waals surface area (Å²) in [5.41, 5.74) is 3.51. The molecule has 0 aliphatic heterocycles. The molecule has 21 heavy (non-hydrogen) atoms. The van der Waals surface area contributed by atoms with Crippen LogP contribution in [0.15, 0.2) is 60.7 Å². The van der Waals surface area contributed by atoms with Crippen LogP contribution in [0.2, 0.25) is 0 Å². The fourth-order valence-corrected chi connectivity index (χ4v) is 2.51. The number of anilines is 1. The summed E-state index contributed by atoms with van der Waals surface area (Å²) in [6.07, 6.45) is 0. The van der Waals surface area contributed by atoms with E-state index in [4.69, 9.17) is 4.74 Å². The van der Waals surface area contributed by atoms with Crippen molar-refractivity contribution in [3.63, 3.8) is 0 Å². The second kappa shape index (κ2) is 5.88. The van der Waals surface area contributed by atoms with Crippen molar-refractivity contribution in [3.05, 3.63) is 71.8 Å². The Morgan fingerprint density at radius 2 is 1.71 bits per heavy atom. The van der Waals surface area contributed by atoms with Gasteiger partial charge in [0.1, 0.15) is 5.75 Å². The summed E-state index contributed by atoms with van der Waals surface area (Å²) in [7, 11) is 1.70. The van der Waals surface area contributed by atoms with E-state index >= 15 is 0 Å². The molecule has 3 aromatic carbocycles. The fraction of sp³-hybridized carbons (Fsp3) is 0.158. The van der Waals surface area contributed by atoms with Crippen molar-refractivity contribution in [1.29, 1.82) is 0 Å². The van der Waals surface area contributed by atoms with Crippen molar-refractivity contribution in [2.24, 2.45) is 0 Å². The SMILES string of the molecule is COc1ccc(C)cc1NCc1ccc2ccccc2c1. The van der Waals surface area contributed by atoms with Crippen LogP contribution in [0.5, 0.6) is 5.75 Å². The summed E-state index contributed by atoms with van der Waals surface area (Å²) in [5, 5.41) is 6.00. The van der Waals surface area contributed by atoms with E-state index in [1.807, 2.05) is 6.07 Å². The van der Waals surface area contributed by atoms with Gasteiger partial charge in [-0.2, -0.15) is 0 Å². The highest BCUT2D eigenvalue weighted by atomic mass is 16.5. The van der Waals surface area contributed by atoms with E-state index in [1.165, 1.54) is 21.9 Å². The largest absolute Gasteiger partial charge is 0.495 e. The fourth-order valence-electron chi connectivity index (χ4n) is 2.51. The maximum atomic E-state index is 5.40. The number of hydrogen-bond acceptors (Lipinski definition) is 2. The quantitative estimate of drug-likeness (QED) is 0.741. The van der Waals surface area contributed by atoms with Gasteiger partial charge < -0.3 is 10.1 Å². The topological polar surface area (TPSA) is 21.3 Å². The van der Waals surface area contributed by atoms with Crippen molar-refractivity contribution >= 4 is 16.5 Å². The molecule has 0 atom stereocenters. The number of aryl methyl sites for hydroxylation is 1. The normalized spacial score (nSPS) is 10.6. The standard InChI is InChI=1S/C19H19NO/c1-14-7-10-19(21-2)18(11-14)20-13-15-8-9-16-5-3-4-6-17(16)12-15/h3-12,20H,13H2,1-2H3. The van der Waals surface area contributed by atoms with Crippen LogP contribution in [0, 0.1) is 6.92 Å². The maximum Gasteiger partial charge on any atom is 0.141 e. The molecule has 0 saturated carbocycles. The Labute approximate surface area is 125 Å². The van der Waals surface area contributed by atoms with Crippen LogP contribution in [-0.2, 0) is 6.54 Å². The molecule has 3 rings (SSSR count). The first-order valence-corrected chi connectivity index (χ1v) is 7.12. The second-order valence-corrected chi connectivity index (χ2v) is 5.24. The van der Waals surface area contributed by atoms with Crippen LogP contribution < -0.4 is 10.1 Å². The van der Waals surface area contributed by atoms with Crippen LogP contribution in [0.3, 0.4) is 0 Å². The molecule has 0 spiro atoms. The van der Waals surface area contributed by atoms with Gasteiger partial charge in [-0.3, -0.25) is 0 Å². The van der Waals surface area contributed by atoms with Gasteiger partial charge in [0, 0.05) is 6.54 Å². The molecule has 0 bridgehead atoms. The molecule has 3 aromatic rings. The minimum Gasteiger partial charge on any atom is -0.495 e. The molecule has 0 amide bonds. The number of ether oxygens (including phenoxy) is 1. The molecule has 106 valence electrons. The van der Waals surface area contributed by atoms with Crippen LogP contribution in [-0.4, -0.2) is 7.11 Å². The predicted molar refractivity (Wildman–Crippen MR) is 89.0 cm³/mol. The van der Waals surface area contributed by atoms with Crippen LogP contribution in [0.25, 0.3) is 10.8 Å². The third kappa shape index (κ3) is 3.00. The van der Waals surface area contributed by atoms with Gasteiger partial charge in [0.25, 0.3) is 0 Å². The Bertz CT molecular complexity index is 764. The van der Waals surface area contributed by atoms with Crippen LogP contribution in [0.4, 0.5) is 5.69 Å². The first kappa shape index (κ1) is 13.5. The zero-order valence-electron chi connectivity index (χ0n) is 12.4. The zero-order valence-corrected chi connectivity index (χ0v) is 12.4. The van der Waals surface area contributed by atoms with Crippen molar-refractivity contribution in [3.8, 4) is 5.75 Å². The number of nitrogens with one attached hydrogen (secondary N) is 1. The Morgan fingerprint density at radius 1 is 0.905 bits per heavy atom. The van der Waals surface area contributed by atoms with Gasteiger partial charge in [-0.1, -0.05) is 42.5 Å². The van der Waals surface area contributed by atoms with Crippen molar-refractivity contribution in [1.82, 2.24) is 0 Å². The van der Waals surface area contributed by atoms with Gasteiger partial charge in [0.15, 0.2) is 0 Å². The lowest BCUT2D eigenvalue weighted by Crippen LogP contribution is -2.01. The number of benzene rings is 3. The Morgan fingerprint density at radius 3 is 2.52 bits per heavy atom. The minimum absolute atomic E-state index is 0.782. The Balaban J connectivity index is 1.81. The molecule has 0 aliphatic rings. The van der Waals surface area contributed by atoms with E-state index in [9.17, 15) is 0 Å². The van der Waals surface area contributed by atoms with Gasteiger partial charge >= 0.3 is 0 Å². The van der Waals surface area contributed by atoms with E-state index in [1.54, 1.807) is 7.11 Å². The highest BCUT2D eigenvalue weighted by Crippen LogP contribution is 2.26. The lowest BCUT2D eigenvalue weighted by atomic mass is 10.1. The van der Waals surface area contributed by atoms with E-state index in [-0.39, 0.29) is 0 Å². The molecule has 0 heterocycles. The average Bonchev–Trinajstić information content (AvgIpc) is 2.53. The van der Waals surface area contributed by atoms with Gasteiger partial charge in [-0.05, 0) is 47.0 Å².